The van der Waals surface area contributed by atoms with Gasteiger partial charge in [0, 0.05) is 22.7 Å². The number of aromatic amines is 1. The lowest BCUT2D eigenvalue weighted by atomic mass is 9.98. The maximum Gasteiger partial charge on any atom is 0.417 e. The van der Waals surface area contributed by atoms with E-state index < -0.39 is 11.7 Å². The van der Waals surface area contributed by atoms with Gasteiger partial charge in [-0.2, -0.15) is 13.2 Å². The molecule has 1 heterocycles. The van der Waals surface area contributed by atoms with E-state index in [1.54, 1.807) is 24.3 Å². The Hall–Kier alpha value is -2.56. The topological polar surface area (TPSA) is 32.9 Å². The van der Waals surface area contributed by atoms with Crippen molar-refractivity contribution in [3.05, 3.63) is 59.8 Å². The quantitative estimate of drug-likeness (QED) is 0.683. The number of aldehydes is 1. The summed E-state index contributed by atoms with van der Waals surface area (Å²) in [6, 6.07) is 10.3. The molecule has 0 aliphatic carbocycles. The lowest BCUT2D eigenvalue weighted by Crippen LogP contribution is -2.06. The van der Waals surface area contributed by atoms with Crippen molar-refractivity contribution in [1.29, 1.82) is 0 Å². The van der Waals surface area contributed by atoms with Crippen LogP contribution in [0.5, 0.6) is 0 Å². The minimum atomic E-state index is -4.41. The summed E-state index contributed by atoms with van der Waals surface area (Å²) in [5, 5.41) is 0.693. The van der Waals surface area contributed by atoms with Gasteiger partial charge in [-0.15, -0.1) is 0 Å². The first-order chi connectivity index (χ1) is 10.0. The summed E-state index contributed by atoms with van der Waals surface area (Å²) in [7, 11) is 0. The minimum Gasteiger partial charge on any atom is -0.360 e. The Morgan fingerprint density at radius 2 is 1.81 bits per heavy atom. The smallest absolute Gasteiger partial charge is 0.360 e. The number of aromatic nitrogens is 1. The van der Waals surface area contributed by atoms with E-state index in [4.69, 9.17) is 0 Å². The fourth-order valence-electron chi connectivity index (χ4n) is 2.40. The summed E-state index contributed by atoms with van der Waals surface area (Å²) in [5.74, 6) is 0. The highest BCUT2D eigenvalue weighted by atomic mass is 19.4. The molecule has 0 saturated carbocycles. The van der Waals surface area contributed by atoms with Crippen LogP contribution in [0.15, 0.2) is 48.7 Å². The van der Waals surface area contributed by atoms with Crippen molar-refractivity contribution >= 4 is 17.2 Å². The first-order valence-electron chi connectivity index (χ1n) is 6.23. The van der Waals surface area contributed by atoms with Crippen LogP contribution >= 0.6 is 0 Å². The second kappa shape index (κ2) is 4.77. The van der Waals surface area contributed by atoms with Crippen molar-refractivity contribution in [2.24, 2.45) is 0 Å². The number of H-pyrrole nitrogens is 1. The number of alkyl halides is 3. The van der Waals surface area contributed by atoms with Gasteiger partial charge in [0.15, 0.2) is 6.29 Å². The molecule has 0 aliphatic rings. The van der Waals surface area contributed by atoms with Gasteiger partial charge in [-0.05, 0) is 23.3 Å². The summed E-state index contributed by atoms with van der Waals surface area (Å²) in [6.07, 6.45) is -2.16. The van der Waals surface area contributed by atoms with Crippen molar-refractivity contribution in [2.75, 3.05) is 0 Å². The van der Waals surface area contributed by atoms with E-state index in [9.17, 15) is 18.0 Å². The van der Waals surface area contributed by atoms with Crippen LogP contribution in [0.3, 0.4) is 0 Å². The van der Waals surface area contributed by atoms with E-state index in [0.717, 1.165) is 6.07 Å². The molecule has 0 spiro atoms. The number of carbonyl (C=O) groups is 1. The number of nitrogens with one attached hydrogen (secondary N) is 1. The van der Waals surface area contributed by atoms with E-state index in [-0.39, 0.29) is 5.56 Å². The third-order valence-corrected chi connectivity index (χ3v) is 3.38. The Morgan fingerprint density at radius 3 is 2.52 bits per heavy atom. The zero-order valence-electron chi connectivity index (χ0n) is 10.7. The van der Waals surface area contributed by atoms with E-state index in [0.29, 0.717) is 28.3 Å². The highest BCUT2D eigenvalue weighted by Crippen LogP contribution is 2.37. The Bertz CT molecular complexity index is 818. The molecule has 0 unspecified atom stereocenters. The minimum absolute atomic E-state index is 0.120. The van der Waals surface area contributed by atoms with Crippen LogP contribution in [0.2, 0.25) is 0 Å². The molecule has 0 bridgehead atoms. The standard InChI is InChI=1S/C16H10F3NO/c17-16(18,19)14-4-2-1-3-12(14)10-5-6-13-11(9-21)8-20-15(13)7-10/h1-9,20H. The molecule has 2 nitrogen and oxygen atoms in total. The molecule has 3 rings (SSSR count). The highest BCUT2D eigenvalue weighted by Gasteiger charge is 2.33. The maximum atomic E-state index is 13.1. The lowest BCUT2D eigenvalue weighted by Gasteiger charge is -2.12. The number of halogens is 3. The van der Waals surface area contributed by atoms with Gasteiger partial charge in [-0.25, -0.2) is 0 Å². The fourth-order valence-corrected chi connectivity index (χ4v) is 2.40. The Morgan fingerprint density at radius 1 is 1.05 bits per heavy atom. The van der Waals surface area contributed by atoms with E-state index >= 15 is 0 Å². The molecule has 0 fully saturated rings. The summed E-state index contributed by atoms with van der Waals surface area (Å²) in [5.41, 5.74) is 1.02. The molecular formula is C16H10F3NO. The van der Waals surface area contributed by atoms with E-state index in [1.807, 2.05) is 0 Å². The molecule has 3 aromatic rings. The molecule has 0 amide bonds. The zero-order valence-corrected chi connectivity index (χ0v) is 10.7. The van der Waals surface area contributed by atoms with Gasteiger partial charge in [0.25, 0.3) is 0 Å². The molecule has 0 atom stereocenters. The second-order valence-corrected chi connectivity index (χ2v) is 4.67. The molecule has 0 radical (unpaired) electrons. The molecule has 106 valence electrons. The summed E-state index contributed by atoms with van der Waals surface area (Å²) in [6.45, 7) is 0. The summed E-state index contributed by atoms with van der Waals surface area (Å²) < 4.78 is 39.2. The van der Waals surface area contributed by atoms with Gasteiger partial charge in [0.2, 0.25) is 0 Å². The number of carbonyl (C=O) groups excluding carboxylic acids is 1. The number of fused-ring (bicyclic) bond motifs is 1. The van der Waals surface area contributed by atoms with Gasteiger partial charge < -0.3 is 4.98 Å². The number of benzene rings is 2. The van der Waals surface area contributed by atoms with Gasteiger partial charge in [0.1, 0.15) is 0 Å². The molecule has 2 aromatic carbocycles. The van der Waals surface area contributed by atoms with Crippen LogP contribution in [0, 0.1) is 0 Å². The Labute approximate surface area is 118 Å². The third kappa shape index (κ3) is 2.31. The average Bonchev–Trinajstić information content (AvgIpc) is 2.88. The van der Waals surface area contributed by atoms with Gasteiger partial charge in [-0.3, -0.25) is 4.79 Å². The predicted octanol–water partition coefficient (Wildman–Crippen LogP) is 4.67. The largest absolute Gasteiger partial charge is 0.417 e. The molecule has 5 heteroatoms. The number of hydrogen-bond acceptors (Lipinski definition) is 1. The number of rotatable bonds is 2. The van der Waals surface area contributed by atoms with Crippen LogP contribution in [-0.2, 0) is 6.18 Å². The first-order valence-corrected chi connectivity index (χ1v) is 6.23. The second-order valence-electron chi connectivity index (χ2n) is 4.67. The fraction of sp³-hybridized carbons (Fsp3) is 0.0625. The third-order valence-electron chi connectivity index (χ3n) is 3.38. The van der Waals surface area contributed by atoms with Crippen molar-refractivity contribution in [3.63, 3.8) is 0 Å². The van der Waals surface area contributed by atoms with Gasteiger partial charge in [0.05, 0.1) is 5.56 Å². The van der Waals surface area contributed by atoms with Crippen molar-refractivity contribution in [1.82, 2.24) is 4.98 Å². The van der Waals surface area contributed by atoms with Crippen LogP contribution < -0.4 is 0 Å². The molecule has 0 saturated heterocycles. The highest BCUT2D eigenvalue weighted by molar-refractivity contribution is 5.98. The van der Waals surface area contributed by atoms with E-state index in [2.05, 4.69) is 4.98 Å². The molecule has 21 heavy (non-hydrogen) atoms. The predicted molar refractivity (Wildman–Crippen MR) is 74.1 cm³/mol. The molecule has 1 aromatic heterocycles. The van der Waals surface area contributed by atoms with Crippen molar-refractivity contribution in [2.45, 2.75) is 6.18 Å². The normalized spacial score (nSPS) is 11.8. The molecule has 0 aliphatic heterocycles. The molecule has 1 N–H and O–H groups in total. The Kier molecular flexibility index (Phi) is 3.05. The van der Waals surface area contributed by atoms with Crippen LogP contribution in [0.25, 0.3) is 22.0 Å². The van der Waals surface area contributed by atoms with Crippen molar-refractivity contribution in [3.8, 4) is 11.1 Å². The van der Waals surface area contributed by atoms with E-state index in [1.165, 1.54) is 18.3 Å². The summed E-state index contributed by atoms with van der Waals surface area (Å²) >= 11 is 0. The monoisotopic (exact) mass is 289 g/mol. The Balaban J connectivity index is 2.20. The first kappa shape index (κ1) is 13.4. The van der Waals surface area contributed by atoms with Crippen LogP contribution in [0.4, 0.5) is 13.2 Å². The molecular weight excluding hydrogens is 279 g/mol. The maximum absolute atomic E-state index is 13.1. The zero-order chi connectivity index (χ0) is 15.0. The number of hydrogen-bond donors (Lipinski definition) is 1. The van der Waals surface area contributed by atoms with Gasteiger partial charge >= 0.3 is 6.18 Å². The van der Waals surface area contributed by atoms with Crippen LogP contribution in [-0.4, -0.2) is 11.3 Å². The summed E-state index contributed by atoms with van der Waals surface area (Å²) in [4.78, 5) is 13.7. The SMILES string of the molecule is O=Cc1c[nH]c2cc(-c3ccccc3C(F)(F)F)ccc12. The lowest BCUT2D eigenvalue weighted by molar-refractivity contribution is -0.137. The van der Waals surface area contributed by atoms with Crippen LogP contribution in [0.1, 0.15) is 15.9 Å². The van der Waals surface area contributed by atoms with Gasteiger partial charge in [-0.1, -0.05) is 30.3 Å². The average molecular weight is 289 g/mol. The van der Waals surface area contributed by atoms with Crippen molar-refractivity contribution < 1.29 is 18.0 Å².